The van der Waals surface area contributed by atoms with Crippen LogP contribution in [0.3, 0.4) is 0 Å². The molecule has 2 aromatic rings. The second-order valence-electron chi connectivity index (χ2n) is 5.70. The normalized spacial score (nSPS) is 20.3. The van der Waals surface area contributed by atoms with Crippen LogP contribution in [0.2, 0.25) is 0 Å². The SMILES string of the molecule is O=C(c1csnn1)N1CCC[C@@H]1c1ccc2c(c1)OCCCO2. The van der Waals surface area contributed by atoms with Crippen molar-refractivity contribution in [1.82, 2.24) is 14.5 Å². The highest BCUT2D eigenvalue weighted by Crippen LogP contribution is 2.38. The Hall–Kier alpha value is -2.15. The van der Waals surface area contributed by atoms with Crippen molar-refractivity contribution in [2.75, 3.05) is 19.8 Å². The van der Waals surface area contributed by atoms with Crippen LogP contribution in [0, 0.1) is 0 Å². The third-order valence-electron chi connectivity index (χ3n) is 4.25. The molecule has 1 atom stereocenters. The maximum Gasteiger partial charge on any atom is 0.275 e. The van der Waals surface area contributed by atoms with Gasteiger partial charge in [-0.15, -0.1) is 5.10 Å². The minimum absolute atomic E-state index is 0.0478. The van der Waals surface area contributed by atoms with E-state index in [1.807, 2.05) is 23.1 Å². The zero-order valence-electron chi connectivity index (χ0n) is 12.6. The molecule has 6 nitrogen and oxygen atoms in total. The molecule has 2 aliphatic heterocycles. The topological polar surface area (TPSA) is 64.6 Å². The molecule has 1 saturated heterocycles. The van der Waals surface area contributed by atoms with Crippen molar-refractivity contribution in [3.05, 3.63) is 34.8 Å². The van der Waals surface area contributed by atoms with E-state index in [9.17, 15) is 4.79 Å². The van der Waals surface area contributed by atoms with Crippen LogP contribution >= 0.6 is 11.5 Å². The summed E-state index contributed by atoms with van der Waals surface area (Å²) in [6, 6.07) is 6.04. The summed E-state index contributed by atoms with van der Waals surface area (Å²) < 4.78 is 15.2. The second-order valence-corrected chi connectivity index (χ2v) is 6.31. The maximum atomic E-state index is 12.6. The Bertz CT molecular complexity index is 705. The van der Waals surface area contributed by atoms with Gasteiger partial charge >= 0.3 is 0 Å². The van der Waals surface area contributed by atoms with E-state index in [1.54, 1.807) is 5.38 Å². The summed E-state index contributed by atoms with van der Waals surface area (Å²) >= 11 is 1.20. The average Bonchev–Trinajstić information content (AvgIpc) is 3.22. The van der Waals surface area contributed by atoms with Gasteiger partial charge in [0, 0.05) is 18.3 Å². The summed E-state index contributed by atoms with van der Waals surface area (Å²) in [5.41, 5.74) is 1.51. The number of benzene rings is 1. The van der Waals surface area contributed by atoms with Crippen LogP contribution in [0.4, 0.5) is 0 Å². The number of fused-ring (bicyclic) bond motifs is 1. The first-order chi connectivity index (χ1) is 11.3. The second kappa shape index (κ2) is 6.16. The first-order valence-electron chi connectivity index (χ1n) is 7.80. The molecule has 3 heterocycles. The van der Waals surface area contributed by atoms with Crippen molar-refractivity contribution in [3.63, 3.8) is 0 Å². The fourth-order valence-electron chi connectivity index (χ4n) is 3.15. The molecule has 1 aromatic heterocycles. The third-order valence-corrected chi connectivity index (χ3v) is 4.75. The predicted octanol–water partition coefficient (Wildman–Crippen LogP) is 2.68. The lowest BCUT2D eigenvalue weighted by Gasteiger charge is -2.24. The van der Waals surface area contributed by atoms with Crippen molar-refractivity contribution < 1.29 is 14.3 Å². The van der Waals surface area contributed by atoms with Crippen LogP contribution in [0.5, 0.6) is 11.5 Å². The highest BCUT2D eigenvalue weighted by molar-refractivity contribution is 7.03. The molecule has 0 unspecified atom stereocenters. The zero-order chi connectivity index (χ0) is 15.6. The van der Waals surface area contributed by atoms with Gasteiger partial charge in [-0.25, -0.2) is 0 Å². The van der Waals surface area contributed by atoms with E-state index in [2.05, 4.69) is 9.59 Å². The highest BCUT2D eigenvalue weighted by Gasteiger charge is 2.32. The third kappa shape index (κ3) is 2.76. The Labute approximate surface area is 138 Å². The van der Waals surface area contributed by atoms with Gasteiger partial charge in [0.25, 0.3) is 5.91 Å². The summed E-state index contributed by atoms with van der Waals surface area (Å²) in [5, 5.41) is 5.60. The standard InChI is InChI=1S/C16H17N3O3S/c20-16(12-10-23-18-17-12)19-6-1-3-13(19)11-4-5-14-15(9-11)22-8-2-7-21-14/h4-5,9-10,13H,1-3,6-8H2/t13-/m1/s1. The molecular weight excluding hydrogens is 314 g/mol. The number of carbonyl (C=O) groups is 1. The summed E-state index contributed by atoms with van der Waals surface area (Å²) in [7, 11) is 0. The van der Waals surface area contributed by atoms with Gasteiger partial charge in [-0.1, -0.05) is 10.6 Å². The fraction of sp³-hybridized carbons (Fsp3) is 0.438. The summed E-state index contributed by atoms with van der Waals surface area (Å²) in [6.45, 7) is 2.08. The molecule has 120 valence electrons. The van der Waals surface area contributed by atoms with Crippen LogP contribution in [-0.2, 0) is 0 Å². The van der Waals surface area contributed by atoms with Crippen LogP contribution in [0.15, 0.2) is 23.6 Å². The van der Waals surface area contributed by atoms with Gasteiger partial charge in [0.15, 0.2) is 17.2 Å². The van der Waals surface area contributed by atoms with Crippen LogP contribution in [0.25, 0.3) is 0 Å². The zero-order valence-corrected chi connectivity index (χ0v) is 13.4. The number of hydrogen-bond donors (Lipinski definition) is 0. The molecule has 4 rings (SSSR count). The van der Waals surface area contributed by atoms with Crippen LogP contribution < -0.4 is 9.47 Å². The number of aromatic nitrogens is 2. The first kappa shape index (κ1) is 14.4. The summed E-state index contributed by atoms with van der Waals surface area (Å²) in [4.78, 5) is 14.5. The Kier molecular flexibility index (Phi) is 3.87. The Balaban J connectivity index is 1.61. The van der Waals surface area contributed by atoms with E-state index in [4.69, 9.17) is 9.47 Å². The van der Waals surface area contributed by atoms with Crippen molar-refractivity contribution in [2.45, 2.75) is 25.3 Å². The van der Waals surface area contributed by atoms with E-state index >= 15 is 0 Å². The Morgan fingerprint density at radius 1 is 1.22 bits per heavy atom. The number of likely N-dealkylation sites (tertiary alicyclic amines) is 1. The van der Waals surface area contributed by atoms with Crippen molar-refractivity contribution in [1.29, 1.82) is 0 Å². The number of amides is 1. The van der Waals surface area contributed by atoms with Gasteiger partial charge in [-0.2, -0.15) is 0 Å². The van der Waals surface area contributed by atoms with Crippen molar-refractivity contribution in [2.24, 2.45) is 0 Å². The number of carbonyl (C=O) groups excluding carboxylic acids is 1. The molecule has 7 heteroatoms. The molecule has 0 aliphatic carbocycles. The smallest absolute Gasteiger partial charge is 0.275 e. The predicted molar refractivity (Wildman–Crippen MR) is 85.0 cm³/mol. The molecule has 0 saturated carbocycles. The fourth-order valence-corrected chi connectivity index (χ4v) is 3.58. The minimum Gasteiger partial charge on any atom is -0.490 e. The summed E-state index contributed by atoms with van der Waals surface area (Å²) in [6.07, 6.45) is 2.82. The molecule has 0 spiro atoms. The average molecular weight is 331 g/mol. The number of nitrogens with zero attached hydrogens (tertiary/aromatic N) is 3. The van der Waals surface area contributed by atoms with E-state index in [1.165, 1.54) is 11.5 Å². The lowest BCUT2D eigenvalue weighted by atomic mass is 10.0. The van der Waals surface area contributed by atoms with E-state index in [0.717, 1.165) is 42.9 Å². The van der Waals surface area contributed by atoms with Crippen molar-refractivity contribution >= 4 is 17.4 Å². The van der Waals surface area contributed by atoms with Gasteiger partial charge in [0.2, 0.25) is 0 Å². The Morgan fingerprint density at radius 3 is 2.91 bits per heavy atom. The quantitative estimate of drug-likeness (QED) is 0.846. The Morgan fingerprint density at radius 2 is 2.09 bits per heavy atom. The van der Waals surface area contributed by atoms with E-state index in [-0.39, 0.29) is 11.9 Å². The molecular formula is C16H17N3O3S. The molecule has 1 amide bonds. The molecule has 1 aromatic carbocycles. The van der Waals surface area contributed by atoms with Gasteiger partial charge in [0.1, 0.15) is 0 Å². The molecule has 2 aliphatic rings. The number of hydrogen-bond acceptors (Lipinski definition) is 6. The number of ether oxygens (including phenoxy) is 2. The highest BCUT2D eigenvalue weighted by atomic mass is 32.1. The van der Waals surface area contributed by atoms with Gasteiger partial charge in [0.05, 0.1) is 19.3 Å². The lowest BCUT2D eigenvalue weighted by molar-refractivity contribution is 0.0729. The van der Waals surface area contributed by atoms with Crippen molar-refractivity contribution in [3.8, 4) is 11.5 Å². The van der Waals surface area contributed by atoms with Gasteiger partial charge < -0.3 is 14.4 Å². The molecule has 1 fully saturated rings. The van der Waals surface area contributed by atoms with Crippen LogP contribution in [-0.4, -0.2) is 40.2 Å². The molecule has 23 heavy (non-hydrogen) atoms. The minimum atomic E-state index is -0.0478. The van der Waals surface area contributed by atoms with Gasteiger partial charge in [-0.05, 0) is 42.1 Å². The monoisotopic (exact) mass is 331 g/mol. The van der Waals surface area contributed by atoms with E-state index in [0.29, 0.717) is 18.9 Å². The van der Waals surface area contributed by atoms with E-state index < -0.39 is 0 Å². The molecule has 0 N–H and O–H groups in total. The van der Waals surface area contributed by atoms with Crippen LogP contribution in [0.1, 0.15) is 41.4 Å². The largest absolute Gasteiger partial charge is 0.490 e. The molecule has 0 bridgehead atoms. The lowest BCUT2D eigenvalue weighted by Crippen LogP contribution is -2.30. The molecule has 0 radical (unpaired) electrons. The maximum absolute atomic E-state index is 12.6. The first-order valence-corrected chi connectivity index (χ1v) is 8.64. The summed E-state index contributed by atoms with van der Waals surface area (Å²) in [5.74, 6) is 1.51. The number of rotatable bonds is 2. The van der Waals surface area contributed by atoms with Gasteiger partial charge in [-0.3, -0.25) is 4.79 Å².